The zero-order chi connectivity index (χ0) is 14.7. The first-order valence-corrected chi connectivity index (χ1v) is 7.48. The highest BCUT2D eigenvalue weighted by Gasteiger charge is 2.16. The third-order valence-corrected chi connectivity index (χ3v) is 4.06. The molecule has 0 bridgehead atoms. The maximum Gasteiger partial charge on any atom is 0.255 e. The number of hydrogen-bond acceptors (Lipinski definition) is 2. The molecule has 1 fully saturated rings. The molecule has 1 aliphatic heterocycles. The lowest BCUT2D eigenvalue weighted by atomic mass is 9.98. The Labute approximate surface area is 129 Å². The van der Waals surface area contributed by atoms with E-state index in [0.717, 1.165) is 18.8 Å². The van der Waals surface area contributed by atoms with Crippen LogP contribution >= 0.6 is 11.6 Å². The van der Waals surface area contributed by atoms with Gasteiger partial charge in [-0.2, -0.15) is 0 Å². The first kappa shape index (κ1) is 14.1. The number of benzene rings is 2. The number of amides is 1. The minimum absolute atomic E-state index is 0.123. The molecule has 21 heavy (non-hydrogen) atoms. The van der Waals surface area contributed by atoms with Gasteiger partial charge in [-0.1, -0.05) is 23.7 Å². The smallest absolute Gasteiger partial charge is 0.255 e. The molecule has 3 nitrogen and oxygen atoms in total. The van der Waals surface area contributed by atoms with E-state index in [9.17, 15) is 4.79 Å². The van der Waals surface area contributed by atoms with E-state index in [1.807, 2.05) is 12.1 Å². The van der Waals surface area contributed by atoms with Crippen molar-refractivity contribution in [3.63, 3.8) is 0 Å². The fourth-order valence-electron chi connectivity index (χ4n) is 2.58. The molecule has 0 aliphatic carbocycles. The molecule has 0 spiro atoms. The van der Waals surface area contributed by atoms with E-state index in [1.54, 1.807) is 24.3 Å². The van der Waals surface area contributed by atoms with Crippen LogP contribution in [0.3, 0.4) is 0 Å². The second-order valence-corrected chi connectivity index (χ2v) is 5.71. The molecule has 2 aromatic carbocycles. The fourth-order valence-corrected chi connectivity index (χ4v) is 2.71. The third kappa shape index (κ3) is 3.43. The van der Waals surface area contributed by atoms with Crippen LogP contribution in [0, 0.1) is 0 Å². The maximum absolute atomic E-state index is 12.1. The summed E-state index contributed by atoms with van der Waals surface area (Å²) in [5.74, 6) is 0.466. The number of anilines is 1. The van der Waals surface area contributed by atoms with Crippen molar-refractivity contribution in [2.45, 2.75) is 12.3 Å². The van der Waals surface area contributed by atoms with E-state index in [1.165, 1.54) is 12.0 Å². The molecule has 4 heteroatoms. The Kier molecular flexibility index (Phi) is 4.23. The quantitative estimate of drug-likeness (QED) is 0.908. The molecule has 0 saturated carbocycles. The van der Waals surface area contributed by atoms with Gasteiger partial charge in [0.15, 0.2) is 0 Å². The van der Waals surface area contributed by atoms with Gasteiger partial charge in [0, 0.05) is 22.8 Å². The van der Waals surface area contributed by atoms with Crippen LogP contribution in [0.25, 0.3) is 0 Å². The van der Waals surface area contributed by atoms with Crippen LogP contribution in [0.5, 0.6) is 0 Å². The Morgan fingerprint density at radius 2 is 1.81 bits per heavy atom. The van der Waals surface area contributed by atoms with Crippen LogP contribution < -0.4 is 10.6 Å². The van der Waals surface area contributed by atoms with Crippen LogP contribution in [0.2, 0.25) is 5.02 Å². The topological polar surface area (TPSA) is 41.1 Å². The molecule has 1 heterocycles. The van der Waals surface area contributed by atoms with Crippen LogP contribution in [-0.4, -0.2) is 19.0 Å². The molecule has 2 aromatic rings. The molecule has 0 aromatic heterocycles. The third-order valence-electron chi connectivity index (χ3n) is 3.81. The summed E-state index contributed by atoms with van der Waals surface area (Å²) in [6.45, 7) is 2.12. The molecule has 2 N–H and O–H groups in total. The molecule has 1 atom stereocenters. The van der Waals surface area contributed by atoms with Gasteiger partial charge < -0.3 is 10.6 Å². The summed E-state index contributed by atoms with van der Waals surface area (Å²) in [7, 11) is 0. The lowest BCUT2D eigenvalue weighted by Gasteiger charge is -2.10. The van der Waals surface area contributed by atoms with Crippen molar-refractivity contribution in [2.24, 2.45) is 0 Å². The van der Waals surface area contributed by atoms with Gasteiger partial charge >= 0.3 is 0 Å². The van der Waals surface area contributed by atoms with Gasteiger partial charge in [-0.3, -0.25) is 4.79 Å². The van der Waals surface area contributed by atoms with E-state index in [2.05, 4.69) is 22.8 Å². The minimum Gasteiger partial charge on any atom is -0.322 e. The highest BCUT2D eigenvalue weighted by atomic mass is 35.5. The molecule has 0 radical (unpaired) electrons. The predicted octanol–water partition coefficient (Wildman–Crippen LogP) is 3.67. The molecule has 1 aliphatic rings. The summed E-state index contributed by atoms with van der Waals surface area (Å²) in [4.78, 5) is 12.1. The predicted molar refractivity (Wildman–Crippen MR) is 86.1 cm³/mol. The number of nitrogens with one attached hydrogen (secondary N) is 2. The largest absolute Gasteiger partial charge is 0.322 e. The van der Waals surface area contributed by atoms with Crippen molar-refractivity contribution < 1.29 is 4.79 Å². The second-order valence-electron chi connectivity index (χ2n) is 5.27. The minimum atomic E-state index is -0.123. The van der Waals surface area contributed by atoms with Crippen molar-refractivity contribution in [2.75, 3.05) is 18.4 Å². The van der Waals surface area contributed by atoms with Gasteiger partial charge in [0.2, 0.25) is 0 Å². The van der Waals surface area contributed by atoms with Crippen molar-refractivity contribution in [1.82, 2.24) is 5.32 Å². The van der Waals surface area contributed by atoms with Gasteiger partial charge in [0.1, 0.15) is 0 Å². The van der Waals surface area contributed by atoms with Crippen molar-refractivity contribution >= 4 is 23.2 Å². The van der Waals surface area contributed by atoms with Crippen LogP contribution in [0.1, 0.15) is 28.3 Å². The van der Waals surface area contributed by atoms with Crippen LogP contribution in [0.4, 0.5) is 5.69 Å². The van der Waals surface area contributed by atoms with Crippen molar-refractivity contribution in [1.29, 1.82) is 0 Å². The van der Waals surface area contributed by atoms with Gasteiger partial charge in [-0.25, -0.2) is 0 Å². The number of carbonyl (C=O) groups excluding carboxylic acids is 1. The summed E-state index contributed by atoms with van der Waals surface area (Å²) in [6, 6.07) is 15.0. The van der Waals surface area contributed by atoms with E-state index >= 15 is 0 Å². The fraction of sp³-hybridized carbons (Fsp3) is 0.235. The van der Waals surface area contributed by atoms with E-state index in [4.69, 9.17) is 11.6 Å². The Morgan fingerprint density at radius 3 is 2.43 bits per heavy atom. The van der Waals surface area contributed by atoms with Gasteiger partial charge in [0.05, 0.1) is 0 Å². The van der Waals surface area contributed by atoms with Crippen LogP contribution in [0.15, 0.2) is 48.5 Å². The van der Waals surface area contributed by atoms with Crippen LogP contribution in [-0.2, 0) is 0 Å². The zero-order valence-corrected chi connectivity index (χ0v) is 12.4. The molecule has 3 rings (SSSR count). The molecular weight excluding hydrogens is 284 g/mol. The Morgan fingerprint density at radius 1 is 1.10 bits per heavy atom. The lowest BCUT2D eigenvalue weighted by Crippen LogP contribution is -2.12. The highest BCUT2D eigenvalue weighted by molar-refractivity contribution is 6.30. The van der Waals surface area contributed by atoms with E-state index in [-0.39, 0.29) is 5.91 Å². The van der Waals surface area contributed by atoms with Gasteiger partial charge in [-0.15, -0.1) is 0 Å². The summed E-state index contributed by atoms with van der Waals surface area (Å²) in [5.41, 5.74) is 2.73. The highest BCUT2D eigenvalue weighted by Crippen LogP contribution is 2.23. The van der Waals surface area contributed by atoms with Gasteiger partial charge in [-0.05, 0) is 60.8 Å². The Hall–Kier alpha value is -1.84. The average molecular weight is 301 g/mol. The molecule has 0 unspecified atom stereocenters. The van der Waals surface area contributed by atoms with E-state index < -0.39 is 0 Å². The first-order chi connectivity index (χ1) is 10.2. The number of rotatable bonds is 3. The Bertz CT molecular complexity index is 616. The lowest BCUT2D eigenvalue weighted by molar-refractivity contribution is 0.102. The molecule has 1 saturated heterocycles. The van der Waals surface area contributed by atoms with E-state index in [0.29, 0.717) is 16.5 Å². The second kappa shape index (κ2) is 6.29. The normalized spacial score (nSPS) is 17.7. The maximum atomic E-state index is 12.1. The summed E-state index contributed by atoms with van der Waals surface area (Å²) >= 11 is 5.82. The standard InChI is InChI=1S/C17H17ClN2O/c18-15-5-1-13(2-6-15)17(21)20-16-7-3-12(4-8-16)14-9-10-19-11-14/h1-8,14,19H,9-11H2,(H,20,21)/t14-/m1/s1. The first-order valence-electron chi connectivity index (χ1n) is 7.10. The molecule has 1 amide bonds. The SMILES string of the molecule is O=C(Nc1ccc([C@@H]2CCNC2)cc1)c1ccc(Cl)cc1. The average Bonchev–Trinajstić information content (AvgIpc) is 3.03. The summed E-state index contributed by atoms with van der Waals surface area (Å²) in [5, 5.41) is 6.89. The summed E-state index contributed by atoms with van der Waals surface area (Å²) in [6.07, 6.45) is 1.18. The van der Waals surface area contributed by atoms with Gasteiger partial charge in [0.25, 0.3) is 5.91 Å². The number of halogens is 1. The molecule has 108 valence electrons. The Balaban J connectivity index is 1.67. The van der Waals surface area contributed by atoms with Crippen molar-refractivity contribution in [3.8, 4) is 0 Å². The number of hydrogen-bond donors (Lipinski definition) is 2. The zero-order valence-electron chi connectivity index (χ0n) is 11.6. The summed E-state index contributed by atoms with van der Waals surface area (Å²) < 4.78 is 0. The monoisotopic (exact) mass is 300 g/mol. The number of carbonyl (C=O) groups is 1. The van der Waals surface area contributed by atoms with Crippen molar-refractivity contribution in [3.05, 3.63) is 64.7 Å². The molecular formula is C17H17ClN2O.